The Morgan fingerprint density at radius 2 is 0.514 bits per heavy atom. The second-order valence-electron chi connectivity index (χ2n) is 21.3. The molecule has 6 heteroatoms. The van der Waals surface area contributed by atoms with Crippen LogP contribution in [-0.2, 0) is 28.6 Å². The van der Waals surface area contributed by atoms with Gasteiger partial charge >= 0.3 is 17.9 Å². The third-order valence-corrected chi connectivity index (χ3v) is 14.2. The number of hydrogen-bond acceptors (Lipinski definition) is 6. The molecular weight excluding hydrogens is 865 g/mol. The Bertz CT molecular complexity index is 1130. The van der Waals surface area contributed by atoms with E-state index in [4.69, 9.17) is 14.2 Å². The highest BCUT2D eigenvalue weighted by Crippen LogP contribution is 2.18. The van der Waals surface area contributed by atoms with Crippen LogP contribution in [0.5, 0.6) is 0 Å². The number of allylic oxidation sites excluding steroid dienone is 4. The van der Waals surface area contributed by atoms with Crippen LogP contribution >= 0.6 is 0 Å². The normalized spacial score (nSPS) is 12.1. The van der Waals surface area contributed by atoms with E-state index in [0.29, 0.717) is 19.3 Å². The molecule has 6 nitrogen and oxygen atoms in total. The van der Waals surface area contributed by atoms with Gasteiger partial charge in [0.1, 0.15) is 13.2 Å². The summed E-state index contributed by atoms with van der Waals surface area (Å²) < 4.78 is 16.7. The van der Waals surface area contributed by atoms with Crippen LogP contribution in [0.4, 0.5) is 0 Å². The maximum atomic E-state index is 12.7. The molecule has 0 saturated heterocycles. The van der Waals surface area contributed by atoms with Crippen LogP contribution in [-0.4, -0.2) is 37.2 Å². The lowest BCUT2D eigenvalue weighted by molar-refractivity contribution is -0.167. The van der Waals surface area contributed by atoms with Crippen molar-refractivity contribution in [2.45, 2.75) is 354 Å². The third kappa shape index (κ3) is 56.8. The first-order valence-corrected chi connectivity index (χ1v) is 31.3. The van der Waals surface area contributed by atoms with Crippen molar-refractivity contribution in [2.75, 3.05) is 13.2 Å². The molecule has 412 valence electrons. The standard InChI is InChI=1S/C64H120O6/c1-4-7-10-13-15-17-19-21-22-23-24-25-26-27-28-29-30-31-32-33-34-35-36-37-38-39-40-41-42-43-45-46-48-51-54-57-63(66)69-60-61(59-68-62(65)56-53-50-12-9-6-3)70-64(67)58-55-52-49-47-44-20-18-16-14-11-8-5-2/h19,21,23-24,61H,4-18,20,22,25-60H2,1-3H3/b21-19-,24-23-. The van der Waals surface area contributed by atoms with Gasteiger partial charge in [-0.1, -0.05) is 302 Å². The molecular formula is C64H120O6. The molecule has 0 aliphatic heterocycles. The van der Waals surface area contributed by atoms with Crippen molar-refractivity contribution in [1.82, 2.24) is 0 Å². The highest BCUT2D eigenvalue weighted by molar-refractivity contribution is 5.71. The molecule has 0 amide bonds. The largest absolute Gasteiger partial charge is 0.462 e. The lowest BCUT2D eigenvalue weighted by atomic mass is 10.0. The van der Waals surface area contributed by atoms with Crippen molar-refractivity contribution in [3.63, 3.8) is 0 Å². The zero-order valence-electron chi connectivity index (χ0n) is 47.3. The van der Waals surface area contributed by atoms with Crippen LogP contribution in [0.2, 0.25) is 0 Å². The number of unbranched alkanes of at least 4 members (excludes halogenated alkanes) is 43. The van der Waals surface area contributed by atoms with Gasteiger partial charge in [0.25, 0.3) is 0 Å². The van der Waals surface area contributed by atoms with Crippen LogP contribution in [0.1, 0.15) is 348 Å². The monoisotopic (exact) mass is 985 g/mol. The molecule has 1 unspecified atom stereocenters. The SMILES string of the molecule is CCCCCCC/C=C\C/C=C\CCCCCCCCCCCCCCCCCCCCCCCCCC(=O)OCC(COC(=O)CCCCCCC)OC(=O)CCCCCCCCCCCCCC. The number of rotatable bonds is 58. The number of hydrogen-bond donors (Lipinski definition) is 0. The van der Waals surface area contributed by atoms with Gasteiger partial charge in [0, 0.05) is 19.3 Å². The molecule has 0 radical (unpaired) electrons. The minimum absolute atomic E-state index is 0.0651. The Hall–Kier alpha value is -2.11. The predicted octanol–water partition coefficient (Wildman–Crippen LogP) is 21.1. The van der Waals surface area contributed by atoms with Crippen LogP contribution in [0.15, 0.2) is 24.3 Å². The Labute approximate surface area is 436 Å². The molecule has 0 aliphatic rings. The lowest BCUT2D eigenvalue weighted by Crippen LogP contribution is -2.30. The summed E-state index contributed by atoms with van der Waals surface area (Å²) in [7, 11) is 0. The second-order valence-corrected chi connectivity index (χ2v) is 21.3. The van der Waals surface area contributed by atoms with Gasteiger partial charge < -0.3 is 14.2 Å². The second kappa shape index (κ2) is 59.5. The lowest BCUT2D eigenvalue weighted by Gasteiger charge is -2.18. The zero-order chi connectivity index (χ0) is 50.7. The Morgan fingerprint density at radius 3 is 0.786 bits per heavy atom. The van der Waals surface area contributed by atoms with E-state index in [1.54, 1.807) is 0 Å². The van der Waals surface area contributed by atoms with Gasteiger partial charge in [0.15, 0.2) is 6.10 Å². The number of carbonyl (C=O) groups is 3. The van der Waals surface area contributed by atoms with Crippen molar-refractivity contribution in [1.29, 1.82) is 0 Å². The maximum Gasteiger partial charge on any atom is 0.306 e. The van der Waals surface area contributed by atoms with Gasteiger partial charge in [0.05, 0.1) is 0 Å². The molecule has 0 saturated carbocycles. The van der Waals surface area contributed by atoms with Crippen molar-refractivity contribution in [3.8, 4) is 0 Å². The van der Waals surface area contributed by atoms with E-state index in [0.717, 1.165) is 70.6 Å². The van der Waals surface area contributed by atoms with Crippen molar-refractivity contribution in [2.24, 2.45) is 0 Å². The van der Waals surface area contributed by atoms with Gasteiger partial charge in [-0.25, -0.2) is 0 Å². The first-order valence-electron chi connectivity index (χ1n) is 31.3. The van der Waals surface area contributed by atoms with E-state index in [1.165, 1.54) is 238 Å². The van der Waals surface area contributed by atoms with Gasteiger partial charge in [-0.2, -0.15) is 0 Å². The molecule has 0 heterocycles. The Balaban J connectivity index is 3.80. The first kappa shape index (κ1) is 67.9. The van der Waals surface area contributed by atoms with Crippen LogP contribution < -0.4 is 0 Å². The van der Waals surface area contributed by atoms with Crippen LogP contribution in [0.3, 0.4) is 0 Å². The van der Waals surface area contributed by atoms with Gasteiger partial charge in [-0.15, -0.1) is 0 Å². The van der Waals surface area contributed by atoms with E-state index < -0.39 is 6.10 Å². The molecule has 0 aromatic carbocycles. The summed E-state index contributed by atoms with van der Waals surface area (Å²) in [6.07, 6.45) is 71.2. The zero-order valence-corrected chi connectivity index (χ0v) is 47.3. The van der Waals surface area contributed by atoms with Crippen molar-refractivity contribution >= 4 is 17.9 Å². The van der Waals surface area contributed by atoms with E-state index in [-0.39, 0.29) is 31.1 Å². The molecule has 0 aromatic rings. The molecule has 1 atom stereocenters. The van der Waals surface area contributed by atoms with E-state index in [1.807, 2.05) is 0 Å². The highest BCUT2D eigenvalue weighted by Gasteiger charge is 2.19. The van der Waals surface area contributed by atoms with Crippen LogP contribution in [0, 0.1) is 0 Å². The van der Waals surface area contributed by atoms with Gasteiger partial charge in [-0.05, 0) is 51.4 Å². The van der Waals surface area contributed by atoms with E-state index in [2.05, 4.69) is 45.1 Å². The van der Waals surface area contributed by atoms with Crippen LogP contribution in [0.25, 0.3) is 0 Å². The molecule has 0 rings (SSSR count). The molecule has 0 aromatic heterocycles. The minimum atomic E-state index is -0.761. The number of carbonyl (C=O) groups excluding carboxylic acids is 3. The smallest absolute Gasteiger partial charge is 0.306 e. The molecule has 0 N–H and O–H groups in total. The highest BCUT2D eigenvalue weighted by atomic mass is 16.6. The fraction of sp³-hybridized carbons (Fsp3) is 0.891. The van der Waals surface area contributed by atoms with E-state index >= 15 is 0 Å². The van der Waals surface area contributed by atoms with Crippen molar-refractivity contribution in [3.05, 3.63) is 24.3 Å². The average molecular weight is 986 g/mol. The Morgan fingerprint density at radius 1 is 0.286 bits per heavy atom. The molecule has 0 aliphatic carbocycles. The first-order chi connectivity index (χ1) is 34.5. The van der Waals surface area contributed by atoms with E-state index in [9.17, 15) is 14.4 Å². The molecule has 0 bridgehead atoms. The molecule has 0 spiro atoms. The summed E-state index contributed by atoms with van der Waals surface area (Å²) in [5.74, 6) is -0.860. The third-order valence-electron chi connectivity index (χ3n) is 14.2. The maximum absolute atomic E-state index is 12.7. The molecule has 0 fully saturated rings. The summed E-state index contributed by atoms with van der Waals surface area (Å²) >= 11 is 0. The average Bonchev–Trinajstić information content (AvgIpc) is 3.36. The van der Waals surface area contributed by atoms with Gasteiger partial charge in [0.2, 0.25) is 0 Å². The van der Waals surface area contributed by atoms with Gasteiger partial charge in [-0.3, -0.25) is 14.4 Å². The topological polar surface area (TPSA) is 78.9 Å². The minimum Gasteiger partial charge on any atom is -0.462 e. The predicted molar refractivity (Wildman–Crippen MR) is 303 cm³/mol. The fourth-order valence-corrected chi connectivity index (χ4v) is 9.48. The Kier molecular flexibility index (Phi) is 57.7. The number of esters is 3. The van der Waals surface area contributed by atoms with Crippen molar-refractivity contribution < 1.29 is 28.6 Å². The summed E-state index contributed by atoms with van der Waals surface area (Å²) in [5.41, 5.74) is 0. The summed E-state index contributed by atoms with van der Waals surface area (Å²) in [5, 5.41) is 0. The molecule has 70 heavy (non-hydrogen) atoms. The summed E-state index contributed by atoms with van der Waals surface area (Å²) in [6, 6.07) is 0. The summed E-state index contributed by atoms with van der Waals surface area (Å²) in [4.78, 5) is 37.7. The fourth-order valence-electron chi connectivity index (χ4n) is 9.48. The number of ether oxygens (including phenoxy) is 3. The quantitative estimate of drug-likeness (QED) is 0.0261. The summed E-state index contributed by atoms with van der Waals surface area (Å²) in [6.45, 7) is 6.58.